The van der Waals surface area contributed by atoms with Gasteiger partial charge in [-0.2, -0.15) is 13.2 Å². The van der Waals surface area contributed by atoms with Crippen LogP contribution in [-0.2, 0) is 9.59 Å². The number of nitrogens with one attached hydrogen (secondary N) is 1. The van der Waals surface area contributed by atoms with Crippen LogP contribution in [0.2, 0.25) is 0 Å². The summed E-state index contributed by atoms with van der Waals surface area (Å²) in [7, 11) is 1.55. The van der Waals surface area contributed by atoms with Crippen molar-refractivity contribution in [1.29, 1.82) is 0 Å². The molecule has 25 heavy (non-hydrogen) atoms. The Morgan fingerprint density at radius 3 is 2.56 bits per heavy atom. The number of carbonyl (C=O) groups excluding carboxylic acids is 2. The molecule has 1 N–H and O–H groups in total. The van der Waals surface area contributed by atoms with Crippen LogP contribution in [0.4, 0.5) is 13.2 Å². The van der Waals surface area contributed by atoms with E-state index in [4.69, 9.17) is 4.74 Å². The number of methoxy groups -OCH3 is 1. The zero-order valence-electron chi connectivity index (χ0n) is 13.7. The van der Waals surface area contributed by atoms with Gasteiger partial charge in [-0.15, -0.1) is 0 Å². The number of ether oxygens (including phenoxy) is 1. The number of benzene rings is 1. The summed E-state index contributed by atoms with van der Waals surface area (Å²) >= 11 is 0. The second kappa shape index (κ2) is 8.04. The lowest BCUT2D eigenvalue weighted by Crippen LogP contribution is -2.49. The van der Waals surface area contributed by atoms with Crippen LogP contribution < -0.4 is 10.1 Å². The zero-order valence-corrected chi connectivity index (χ0v) is 13.7. The molecule has 1 aliphatic rings. The van der Waals surface area contributed by atoms with Crippen molar-refractivity contribution in [3.8, 4) is 5.75 Å². The Morgan fingerprint density at radius 2 is 1.96 bits per heavy atom. The Labute approximate surface area is 143 Å². The van der Waals surface area contributed by atoms with Crippen LogP contribution in [0.1, 0.15) is 18.4 Å². The van der Waals surface area contributed by atoms with Gasteiger partial charge in [-0.1, -0.05) is 12.1 Å². The van der Waals surface area contributed by atoms with E-state index in [-0.39, 0.29) is 25.0 Å². The maximum atomic E-state index is 12.4. The Kier molecular flexibility index (Phi) is 6.06. The van der Waals surface area contributed by atoms with Crippen LogP contribution in [0.25, 0.3) is 6.08 Å². The summed E-state index contributed by atoms with van der Waals surface area (Å²) in [6, 6.07) is 6.91. The molecule has 2 rings (SSSR count). The van der Waals surface area contributed by atoms with Crippen LogP contribution >= 0.6 is 0 Å². The second-order valence-electron chi connectivity index (χ2n) is 5.68. The minimum Gasteiger partial charge on any atom is -0.497 e. The van der Waals surface area contributed by atoms with Gasteiger partial charge in [0.25, 0.3) is 0 Å². The highest BCUT2D eigenvalue weighted by molar-refractivity contribution is 5.92. The van der Waals surface area contributed by atoms with Crippen molar-refractivity contribution in [1.82, 2.24) is 10.2 Å². The molecular formula is C17H19F3N2O3. The SMILES string of the molecule is COc1cccc(/C=C/C(=O)NC2CCN(C(=O)C(F)(F)F)CC2)c1. The number of piperidine rings is 1. The molecule has 1 heterocycles. The average molecular weight is 356 g/mol. The highest BCUT2D eigenvalue weighted by Crippen LogP contribution is 2.21. The molecule has 1 aromatic carbocycles. The molecule has 0 saturated carbocycles. The van der Waals surface area contributed by atoms with E-state index in [1.165, 1.54) is 6.08 Å². The number of nitrogens with zero attached hydrogens (tertiary/aromatic N) is 1. The normalized spacial score (nSPS) is 16.1. The van der Waals surface area contributed by atoms with Crippen molar-refractivity contribution in [2.75, 3.05) is 20.2 Å². The molecule has 0 spiro atoms. The maximum absolute atomic E-state index is 12.4. The van der Waals surface area contributed by atoms with E-state index < -0.39 is 12.1 Å². The molecule has 1 aliphatic heterocycles. The van der Waals surface area contributed by atoms with Crippen molar-refractivity contribution < 1.29 is 27.5 Å². The third-order valence-corrected chi connectivity index (χ3v) is 3.89. The van der Waals surface area contributed by atoms with Crippen LogP contribution in [0.5, 0.6) is 5.75 Å². The lowest BCUT2D eigenvalue weighted by atomic mass is 10.0. The van der Waals surface area contributed by atoms with Crippen LogP contribution in [0, 0.1) is 0 Å². The fourth-order valence-electron chi connectivity index (χ4n) is 2.57. The van der Waals surface area contributed by atoms with Gasteiger partial charge in [0, 0.05) is 25.2 Å². The molecule has 8 heteroatoms. The summed E-state index contributed by atoms with van der Waals surface area (Å²) in [5, 5.41) is 2.74. The zero-order chi connectivity index (χ0) is 18.4. The lowest BCUT2D eigenvalue weighted by molar-refractivity contribution is -0.186. The van der Waals surface area contributed by atoms with Crippen molar-refractivity contribution in [3.05, 3.63) is 35.9 Å². The number of amides is 2. The average Bonchev–Trinajstić information content (AvgIpc) is 2.59. The maximum Gasteiger partial charge on any atom is 0.471 e. The van der Waals surface area contributed by atoms with Gasteiger partial charge in [0.15, 0.2) is 0 Å². The van der Waals surface area contributed by atoms with E-state index in [1.54, 1.807) is 31.4 Å². The molecule has 0 unspecified atom stereocenters. The van der Waals surface area contributed by atoms with E-state index in [2.05, 4.69) is 5.32 Å². The van der Waals surface area contributed by atoms with E-state index in [0.29, 0.717) is 18.6 Å². The molecule has 0 atom stereocenters. The largest absolute Gasteiger partial charge is 0.497 e. The van der Waals surface area contributed by atoms with E-state index >= 15 is 0 Å². The molecular weight excluding hydrogens is 337 g/mol. The first kappa shape index (κ1) is 18.8. The van der Waals surface area contributed by atoms with Crippen LogP contribution in [-0.4, -0.2) is 49.1 Å². The molecule has 1 saturated heterocycles. The summed E-state index contributed by atoms with van der Waals surface area (Å²) in [6.07, 6.45) is -1.28. The molecule has 0 bridgehead atoms. The van der Waals surface area contributed by atoms with Gasteiger partial charge in [-0.3, -0.25) is 9.59 Å². The van der Waals surface area contributed by atoms with Crippen molar-refractivity contribution in [3.63, 3.8) is 0 Å². The number of rotatable bonds is 4. The third-order valence-electron chi connectivity index (χ3n) is 3.89. The Balaban J connectivity index is 1.82. The Hall–Kier alpha value is -2.51. The molecule has 1 aromatic rings. The second-order valence-corrected chi connectivity index (χ2v) is 5.68. The summed E-state index contributed by atoms with van der Waals surface area (Å²) in [5.41, 5.74) is 0.792. The van der Waals surface area contributed by atoms with Gasteiger partial charge < -0.3 is 15.0 Å². The lowest BCUT2D eigenvalue weighted by Gasteiger charge is -2.32. The number of hydrogen-bond donors (Lipinski definition) is 1. The summed E-state index contributed by atoms with van der Waals surface area (Å²) < 4.78 is 42.2. The predicted octanol–water partition coefficient (Wildman–Crippen LogP) is 2.38. The quantitative estimate of drug-likeness (QED) is 0.843. The van der Waals surface area contributed by atoms with Crippen molar-refractivity contribution >= 4 is 17.9 Å². The fourth-order valence-corrected chi connectivity index (χ4v) is 2.57. The number of carbonyl (C=O) groups is 2. The Morgan fingerprint density at radius 1 is 1.28 bits per heavy atom. The van der Waals surface area contributed by atoms with E-state index in [0.717, 1.165) is 10.5 Å². The Bertz CT molecular complexity index is 651. The number of halogens is 3. The molecule has 0 aromatic heterocycles. The van der Waals surface area contributed by atoms with Gasteiger partial charge in [-0.25, -0.2) is 0 Å². The highest BCUT2D eigenvalue weighted by atomic mass is 19.4. The first-order valence-corrected chi connectivity index (χ1v) is 7.78. The summed E-state index contributed by atoms with van der Waals surface area (Å²) in [5.74, 6) is -1.48. The number of alkyl halides is 3. The molecule has 0 aliphatic carbocycles. The highest BCUT2D eigenvalue weighted by Gasteiger charge is 2.43. The van der Waals surface area contributed by atoms with E-state index in [9.17, 15) is 22.8 Å². The van der Waals surface area contributed by atoms with Gasteiger partial charge in [-0.05, 0) is 36.6 Å². The van der Waals surface area contributed by atoms with Gasteiger partial charge >= 0.3 is 12.1 Å². The first-order valence-electron chi connectivity index (χ1n) is 7.78. The van der Waals surface area contributed by atoms with Crippen LogP contribution in [0.3, 0.4) is 0 Å². The molecule has 136 valence electrons. The molecule has 1 fully saturated rings. The molecule has 0 radical (unpaired) electrons. The van der Waals surface area contributed by atoms with Crippen LogP contribution in [0.15, 0.2) is 30.3 Å². The summed E-state index contributed by atoms with van der Waals surface area (Å²) in [4.78, 5) is 23.8. The van der Waals surface area contributed by atoms with Gasteiger partial charge in [0.2, 0.25) is 5.91 Å². The standard InChI is InChI=1S/C17H19F3N2O3/c1-25-14-4-2-3-12(11-14)5-6-15(23)21-13-7-9-22(10-8-13)16(24)17(18,19)20/h2-6,11,13H,7-10H2,1H3,(H,21,23)/b6-5+. The monoisotopic (exact) mass is 356 g/mol. The molecule has 2 amide bonds. The topological polar surface area (TPSA) is 58.6 Å². The number of hydrogen-bond acceptors (Lipinski definition) is 3. The van der Waals surface area contributed by atoms with Gasteiger partial charge in [0.1, 0.15) is 5.75 Å². The minimum atomic E-state index is -4.85. The third kappa shape index (κ3) is 5.51. The van der Waals surface area contributed by atoms with Crippen molar-refractivity contribution in [2.24, 2.45) is 0 Å². The smallest absolute Gasteiger partial charge is 0.471 e. The predicted molar refractivity (Wildman–Crippen MR) is 85.8 cm³/mol. The minimum absolute atomic E-state index is 0.0249. The number of likely N-dealkylation sites (tertiary alicyclic amines) is 1. The summed E-state index contributed by atoms with van der Waals surface area (Å²) in [6.45, 7) is -0.0498. The van der Waals surface area contributed by atoms with Crippen molar-refractivity contribution in [2.45, 2.75) is 25.1 Å². The molecule has 5 nitrogen and oxygen atoms in total. The fraction of sp³-hybridized carbons (Fsp3) is 0.412. The van der Waals surface area contributed by atoms with E-state index in [1.807, 2.05) is 6.07 Å². The first-order chi connectivity index (χ1) is 11.8. The van der Waals surface area contributed by atoms with Gasteiger partial charge in [0.05, 0.1) is 7.11 Å².